The number of ketones is 1. The first kappa shape index (κ1) is 25.1. The molecule has 192 valence electrons. The average Bonchev–Trinajstić information content (AvgIpc) is 3.13. The van der Waals surface area contributed by atoms with Gasteiger partial charge in [0.15, 0.2) is 5.78 Å². The second-order valence-corrected chi connectivity index (χ2v) is 9.69. The number of hydrogen-bond acceptors (Lipinski definition) is 6. The second-order valence-electron chi connectivity index (χ2n) is 9.69. The fraction of sp³-hybridized carbons (Fsp3) is 0.226. The maximum atomic E-state index is 12.7. The summed E-state index contributed by atoms with van der Waals surface area (Å²) in [5.41, 5.74) is 7.47. The zero-order valence-corrected chi connectivity index (χ0v) is 21.9. The molecule has 0 bridgehead atoms. The first-order chi connectivity index (χ1) is 18.2. The lowest BCUT2D eigenvalue weighted by Crippen LogP contribution is -2.37. The highest BCUT2D eigenvalue weighted by molar-refractivity contribution is 6.22. The van der Waals surface area contributed by atoms with E-state index in [0.29, 0.717) is 17.7 Å². The highest BCUT2D eigenvalue weighted by atomic mass is 16.5. The van der Waals surface area contributed by atoms with E-state index in [0.717, 1.165) is 55.2 Å². The van der Waals surface area contributed by atoms with Gasteiger partial charge in [-0.15, -0.1) is 0 Å². The molecule has 0 fully saturated rings. The van der Waals surface area contributed by atoms with Crippen LogP contribution in [0.1, 0.15) is 48.7 Å². The van der Waals surface area contributed by atoms with Gasteiger partial charge in [0.2, 0.25) is 0 Å². The quantitative estimate of drug-likeness (QED) is 0.325. The molecule has 2 amide bonds. The summed E-state index contributed by atoms with van der Waals surface area (Å²) in [6.07, 6.45) is 0. The Morgan fingerprint density at radius 1 is 0.895 bits per heavy atom. The minimum absolute atomic E-state index is 0.0105. The normalized spacial score (nSPS) is 12.7. The van der Waals surface area contributed by atoms with Crippen molar-refractivity contribution in [2.45, 2.75) is 34.3 Å². The van der Waals surface area contributed by atoms with Crippen LogP contribution in [0.5, 0.6) is 5.75 Å². The number of nitrogens with zero attached hydrogens (tertiary/aromatic N) is 2. The molecule has 2 heterocycles. The van der Waals surface area contributed by atoms with Crippen molar-refractivity contribution in [2.24, 2.45) is 0 Å². The lowest BCUT2D eigenvalue weighted by Gasteiger charge is -2.18. The summed E-state index contributed by atoms with van der Waals surface area (Å²) >= 11 is 0. The number of pyridine rings is 1. The van der Waals surface area contributed by atoms with Gasteiger partial charge in [0.1, 0.15) is 17.9 Å². The monoisotopic (exact) mass is 507 g/mol. The molecule has 0 aliphatic carbocycles. The van der Waals surface area contributed by atoms with Crippen LogP contribution in [-0.4, -0.2) is 40.6 Å². The number of fused-ring (bicyclic) bond motifs is 2. The van der Waals surface area contributed by atoms with Gasteiger partial charge >= 0.3 is 0 Å². The Bertz CT molecular complexity index is 1570. The number of Topliss-reactive ketones (excluding diaryl/α,β-unsaturated/α-hetero) is 1. The zero-order chi connectivity index (χ0) is 27.0. The summed E-state index contributed by atoms with van der Waals surface area (Å²) in [7, 11) is 0. The van der Waals surface area contributed by atoms with E-state index in [9.17, 15) is 14.4 Å². The van der Waals surface area contributed by atoms with Crippen molar-refractivity contribution < 1.29 is 19.1 Å². The summed E-state index contributed by atoms with van der Waals surface area (Å²) in [6, 6.07) is 18.5. The molecule has 0 saturated heterocycles. The van der Waals surface area contributed by atoms with Crippen molar-refractivity contribution >= 4 is 34.2 Å². The van der Waals surface area contributed by atoms with Crippen LogP contribution in [0.3, 0.4) is 0 Å². The first-order valence-corrected chi connectivity index (χ1v) is 12.5. The van der Waals surface area contributed by atoms with E-state index in [1.165, 1.54) is 0 Å². The number of ether oxygens (including phenoxy) is 1. The summed E-state index contributed by atoms with van der Waals surface area (Å²) in [6.45, 7) is 8.12. The Labute approximate surface area is 221 Å². The van der Waals surface area contributed by atoms with Crippen molar-refractivity contribution in [3.8, 4) is 5.75 Å². The van der Waals surface area contributed by atoms with Gasteiger partial charge in [0.05, 0.1) is 24.2 Å². The molecule has 1 aliphatic heterocycles. The third kappa shape index (κ3) is 4.63. The Morgan fingerprint density at radius 2 is 1.61 bits per heavy atom. The van der Waals surface area contributed by atoms with Gasteiger partial charge in [-0.05, 0) is 80.3 Å². The van der Waals surface area contributed by atoms with E-state index >= 15 is 0 Å². The summed E-state index contributed by atoms with van der Waals surface area (Å²) < 4.78 is 6.26. The molecule has 7 heteroatoms. The largest absolute Gasteiger partial charge is 0.487 e. The van der Waals surface area contributed by atoms with Gasteiger partial charge in [-0.2, -0.15) is 0 Å². The Hall–Kier alpha value is -4.52. The summed E-state index contributed by atoms with van der Waals surface area (Å²) in [5.74, 6) is -0.399. The number of benzene rings is 3. The number of carbonyl (C=O) groups excluding carboxylic acids is 3. The Morgan fingerprint density at radius 3 is 2.32 bits per heavy atom. The van der Waals surface area contributed by atoms with E-state index < -0.39 is 11.8 Å². The van der Waals surface area contributed by atoms with Crippen LogP contribution >= 0.6 is 0 Å². The number of hydrogen-bond donors (Lipinski definition) is 1. The molecule has 38 heavy (non-hydrogen) atoms. The predicted molar refractivity (Wildman–Crippen MR) is 147 cm³/mol. The molecule has 1 aliphatic rings. The molecule has 5 rings (SSSR count). The van der Waals surface area contributed by atoms with Gasteiger partial charge in [0, 0.05) is 16.8 Å². The zero-order valence-electron chi connectivity index (χ0n) is 21.9. The molecule has 0 saturated carbocycles. The number of imide groups is 1. The molecule has 0 spiro atoms. The van der Waals surface area contributed by atoms with Crippen LogP contribution in [0.4, 0.5) is 5.69 Å². The van der Waals surface area contributed by atoms with E-state index in [-0.39, 0.29) is 18.9 Å². The van der Waals surface area contributed by atoms with Crippen LogP contribution in [-0.2, 0) is 11.4 Å². The van der Waals surface area contributed by atoms with Crippen LogP contribution in [0.25, 0.3) is 10.9 Å². The molecule has 0 atom stereocenters. The topological polar surface area (TPSA) is 88.6 Å². The van der Waals surface area contributed by atoms with E-state index in [4.69, 9.17) is 9.72 Å². The van der Waals surface area contributed by atoms with Gasteiger partial charge < -0.3 is 10.1 Å². The smallest absolute Gasteiger partial charge is 0.261 e. The number of amides is 2. The van der Waals surface area contributed by atoms with E-state index in [2.05, 4.69) is 18.3 Å². The number of aromatic nitrogens is 1. The fourth-order valence-electron chi connectivity index (χ4n) is 4.94. The van der Waals surface area contributed by atoms with Crippen molar-refractivity contribution in [3.05, 3.63) is 99.7 Å². The molecule has 0 radical (unpaired) electrons. The standard InChI is InChI=1S/C31H29N3O4/c1-18-12-13-27(32-15-22(35)16-34-30(36)24-8-5-6-9-25(24)31(34)37)21(4)26(18)17-38-28-11-7-10-23-19(2)14-20(3)33-29(23)28/h5-14,32H,15-17H2,1-4H3. The lowest BCUT2D eigenvalue weighted by molar-refractivity contribution is -0.117. The molecule has 0 unspecified atom stereocenters. The maximum Gasteiger partial charge on any atom is 0.261 e. The van der Waals surface area contributed by atoms with Crippen LogP contribution < -0.4 is 10.1 Å². The van der Waals surface area contributed by atoms with Crippen LogP contribution in [0.2, 0.25) is 0 Å². The molecular weight excluding hydrogens is 478 g/mol. The van der Waals surface area contributed by atoms with Crippen molar-refractivity contribution in [1.82, 2.24) is 9.88 Å². The van der Waals surface area contributed by atoms with Crippen molar-refractivity contribution in [3.63, 3.8) is 0 Å². The van der Waals surface area contributed by atoms with Crippen molar-refractivity contribution in [2.75, 3.05) is 18.4 Å². The number of para-hydroxylation sites is 1. The van der Waals surface area contributed by atoms with Gasteiger partial charge in [-0.3, -0.25) is 19.3 Å². The minimum atomic E-state index is -0.432. The molecule has 1 aromatic heterocycles. The molecule has 3 aromatic carbocycles. The van der Waals surface area contributed by atoms with Crippen LogP contribution in [0, 0.1) is 27.7 Å². The second kappa shape index (κ2) is 10.1. The van der Waals surface area contributed by atoms with E-state index in [1.54, 1.807) is 24.3 Å². The Balaban J connectivity index is 1.27. The van der Waals surface area contributed by atoms with Crippen LogP contribution in [0.15, 0.2) is 60.7 Å². The molecule has 1 N–H and O–H groups in total. The number of aryl methyl sites for hydroxylation is 3. The van der Waals surface area contributed by atoms with E-state index in [1.807, 2.05) is 51.1 Å². The Kier molecular flexibility index (Phi) is 6.68. The molecular formula is C31H29N3O4. The SMILES string of the molecule is Cc1cc(C)c2cccc(OCc3c(C)ccc(NCC(=O)CN4C(=O)c5ccccc5C4=O)c3C)c2n1. The fourth-order valence-corrected chi connectivity index (χ4v) is 4.94. The minimum Gasteiger partial charge on any atom is -0.487 e. The number of nitrogens with one attached hydrogen (secondary N) is 1. The lowest BCUT2D eigenvalue weighted by atomic mass is 10.0. The first-order valence-electron chi connectivity index (χ1n) is 12.5. The van der Waals surface area contributed by atoms with Crippen molar-refractivity contribution in [1.29, 1.82) is 0 Å². The van der Waals surface area contributed by atoms with Gasteiger partial charge in [0.25, 0.3) is 11.8 Å². The highest BCUT2D eigenvalue weighted by Gasteiger charge is 2.36. The molecule has 4 aromatic rings. The molecule has 7 nitrogen and oxygen atoms in total. The third-order valence-corrected chi connectivity index (χ3v) is 7.03. The number of anilines is 1. The summed E-state index contributed by atoms with van der Waals surface area (Å²) in [4.78, 5) is 43.6. The number of carbonyl (C=O) groups is 3. The van der Waals surface area contributed by atoms with Gasteiger partial charge in [-0.25, -0.2) is 4.98 Å². The average molecular weight is 508 g/mol. The van der Waals surface area contributed by atoms with Gasteiger partial charge in [-0.1, -0.05) is 30.3 Å². The maximum absolute atomic E-state index is 12.7. The third-order valence-electron chi connectivity index (χ3n) is 7.03. The predicted octanol–water partition coefficient (Wildman–Crippen LogP) is 5.32. The number of rotatable bonds is 8. The highest BCUT2D eigenvalue weighted by Crippen LogP contribution is 2.29. The summed E-state index contributed by atoms with van der Waals surface area (Å²) in [5, 5.41) is 4.24.